The van der Waals surface area contributed by atoms with Gasteiger partial charge in [-0.3, -0.25) is 0 Å². The SMILES string of the molecule is CCP(O)(O)(CC)P(O)O. The molecule has 0 aliphatic carbocycles. The van der Waals surface area contributed by atoms with Crippen molar-refractivity contribution in [1.82, 2.24) is 0 Å². The van der Waals surface area contributed by atoms with Gasteiger partial charge in [0.25, 0.3) is 0 Å². The second-order valence-electron chi connectivity index (χ2n) is 2.24. The second-order valence-corrected chi connectivity index (χ2v) is 10.6. The first-order valence-electron chi connectivity index (χ1n) is 3.05. The van der Waals surface area contributed by atoms with Gasteiger partial charge in [0.2, 0.25) is 0 Å². The topological polar surface area (TPSA) is 80.9 Å². The molecule has 0 heterocycles. The summed E-state index contributed by atoms with van der Waals surface area (Å²) in [4.78, 5) is 36.2. The van der Waals surface area contributed by atoms with Crippen LogP contribution < -0.4 is 0 Å². The van der Waals surface area contributed by atoms with Crippen molar-refractivity contribution in [3.05, 3.63) is 0 Å². The second kappa shape index (κ2) is 2.98. The number of rotatable bonds is 3. The maximum atomic E-state index is 9.39. The van der Waals surface area contributed by atoms with Crippen LogP contribution in [0.4, 0.5) is 0 Å². The van der Waals surface area contributed by atoms with Crippen LogP contribution in [0.2, 0.25) is 0 Å². The summed E-state index contributed by atoms with van der Waals surface area (Å²) in [5.41, 5.74) is 0. The van der Waals surface area contributed by atoms with Crippen LogP contribution in [0.25, 0.3) is 0 Å². The van der Waals surface area contributed by atoms with Crippen molar-refractivity contribution in [1.29, 1.82) is 0 Å². The summed E-state index contributed by atoms with van der Waals surface area (Å²) in [6.07, 6.45) is 0.0849. The Morgan fingerprint density at radius 2 is 1.40 bits per heavy atom. The van der Waals surface area contributed by atoms with Crippen molar-refractivity contribution in [3.63, 3.8) is 0 Å². The summed E-state index contributed by atoms with van der Waals surface area (Å²) in [5, 5.41) is 0. The van der Waals surface area contributed by atoms with E-state index in [2.05, 4.69) is 0 Å². The first kappa shape index (κ1) is 10.7. The van der Waals surface area contributed by atoms with Gasteiger partial charge in [0.05, 0.1) is 0 Å². The molecule has 0 spiro atoms. The normalized spacial score (nSPS) is 16.9. The van der Waals surface area contributed by atoms with E-state index in [4.69, 9.17) is 9.79 Å². The first-order valence-corrected chi connectivity index (χ1v) is 7.51. The van der Waals surface area contributed by atoms with Gasteiger partial charge in [-0.05, 0) is 0 Å². The molecule has 0 unspecified atom stereocenters. The Hall–Kier alpha value is 0.700. The van der Waals surface area contributed by atoms with E-state index in [9.17, 15) is 9.79 Å². The van der Waals surface area contributed by atoms with E-state index in [1.54, 1.807) is 13.8 Å². The Morgan fingerprint density at radius 3 is 1.40 bits per heavy atom. The minimum absolute atomic E-state index is 0.0425. The third-order valence-corrected chi connectivity index (χ3v) is 9.30. The molecule has 4 N–H and O–H groups in total. The van der Waals surface area contributed by atoms with E-state index in [0.29, 0.717) is 0 Å². The summed E-state index contributed by atoms with van der Waals surface area (Å²) in [7, 11) is -2.59. The monoisotopic (exact) mass is 188 g/mol. The van der Waals surface area contributed by atoms with Crippen molar-refractivity contribution in [2.75, 3.05) is 12.3 Å². The molecule has 6 heteroatoms. The van der Waals surface area contributed by atoms with Crippen molar-refractivity contribution in [2.24, 2.45) is 0 Å². The van der Waals surface area contributed by atoms with Crippen LogP contribution in [0.3, 0.4) is 0 Å². The molecule has 0 saturated carbocycles. The van der Waals surface area contributed by atoms with Gasteiger partial charge in [0.1, 0.15) is 0 Å². The summed E-state index contributed by atoms with van der Waals surface area (Å²) in [6, 6.07) is 0. The van der Waals surface area contributed by atoms with Gasteiger partial charge in [0, 0.05) is 0 Å². The van der Waals surface area contributed by atoms with Gasteiger partial charge in [-0.1, -0.05) is 0 Å². The molecular formula is C4H14O4P2. The number of hydrogen-bond donors (Lipinski definition) is 4. The van der Waals surface area contributed by atoms with Crippen LogP contribution in [0, 0.1) is 0 Å². The van der Waals surface area contributed by atoms with Crippen LogP contribution in [-0.4, -0.2) is 31.9 Å². The zero-order valence-electron chi connectivity index (χ0n) is 6.10. The third-order valence-electron chi connectivity index (χ3n) is 1.71. The van der Waals surface area contributed by atoms with Crippen LogP contribution in [-0.2, 0) is 0 Å². The predicted molar refractivity (Wildman–Crippen MR) is 43.8 cm³/mol. The minimum atomic E-state index is -4.06. The Morgan fingerprint density at radius 1 is 1.10 bits per heavy atom. The molecule has 0 rings (SSSR count). The Kier molecular flexibility index (Phi) is 3.19. The molecular weight excluding hydrogens is 174 g/mol. The zero-order chi connectivity index (χ0) is 8.44. The molecule has 0 fully saturated rings. The van der Waals surface area contributed by atoms with E-state index in [1.807, 2.05) is 0 Å². The van der Waals surface area contributed by atoms with Crippen LogP contribution in [0.1, 0.15) is 13.8 Å². The Labute approximate surface area is 61.4 Å². The van der Waals surface area contributed by atoms with Crippen molar-refractivity contribution in [2.45, 2.75) is 13.8 Å². The molecule has 0 atom stereocenters. The van der Waals surface area contributed by atoms with E-state index in [1.165, 1.54) is 0 Å². The van der Waals surface area contributed by atoms with Crippen LogP contribution >= 0.6 is 14.8 Å². The zero-order valence-corrected chi connectivity index (χ0v) is 7.89. The van der Waals surface area contributed by atoms with Crippen molar-refractivity contribution >= 4 is 14.8 Å². The molecule has 0 aromatic carbocycles. The van der Waals surface area contributed by atoms with Gasteiger partial charge < -0.3 is 0 Å². The first-order chi connectivity index (χ1) is 4.35. The molecule has 0 aromatic rings. The molecule has 0 amide bonds. The van der Waals surface area contributed by atoms with Crippen LogP contribution in [0.5, 0.6) is 0 Å². The third kappa shape index (κ3) is 1.85. The summed E-state index contributed by atoms with van der Waals surface area (Å²) >= 11 is 0. The summed E-state index contributed by atoms with van der Waals surface area (Å²) < 4.78 is 0. The molecule has 4 nitrogen and oxygen atoms in total. The fraction of sp³-hybridized carbons (Fsp3) is 1.00. The van der Waals surface area contributed by atoms with Gasteiger partial charge in [-0.25, -0.2) is 0 Å². The Bertz CT molecular complexity index is 116. The molecule has 0 saturated heterocycles. The fourth-order valence-corrected chi connectivity index (χ4v) is 2.95. The predicted octanol–water partition coefficient (Wildman–Crippen LogP) is 0.606. The van der Waals surface area contributed by atoms with Gasteiger partial charge in [-0.2, -0.15) is 0 Å². The molecule has 0 bridgehead atoms. The Balaban J connectivity index is 4.51. The van der Waals surface area contributed by atoms with E-state index >= 15 is 0 Å². The molecule has 10 heavy (non-hydrogen) atoms. The average molecular weight is 188 g/mol. The van der Waals surface area contributed by atoms with Gasteiger partial charge in [-0.15, -0.1) is 0 Å². The molecule has 0 aliphatic heterocycles. The van der Waals surface area contributed by atoms with E-state index in [-0.39, 0.29) is 12.3 Å². The quantitative estimate of drug-likeness (QED) is 0.489. The van der Waals surface area contributed by atoms with E-state index in [0.717, 1.165) is 0 Å². The van der Waals surface area contributed by atoms with Gasteiger partial charge >= 0.3 is 60.6 Å². The van der Waals surface area contributed by atoms with Crippen molar-refractivity contribution < 1.29 is 19.6 Å². The average Bonchev–Trinajstić information content (AvgIpc) is 1.89. The summed E-state index contributed by atoms with van der Waals surface area (Å²) in [5.74, 6) is 0. The molecule has 0 aliphatic rings. The fourth-order valence-electron chi connectivity index (χ4n) is 0.477. The van der Waals surface area contributed by atoms with Gasteiger partial charge in [0.15, 0.2) is 0 Å². The maximum absolute atomic E-state index is 9.39. The summed E-state index contributed by atoms with van der Waals surface area (Å²) in [6.45, 7) is -0.970. The standard InChI is InChI=1S/C4H14O4P2/c1-3-10(7,8,4-2)9(5)6/h5-8H,3-4H2,1-2H3. The molecule has 0 radical (unpaired) electrons. The van der Waals surface area contributed by atoms with Crippen LogP contribution in [0.15, 0.2) is 0 Å². The molecule has 64 valence electrons. The van der Waals surface area contributed by atoms with E-state index < -0.39 is 14.8 Å². The van der Waals surface area contributed by atoms with Crippen molar-refractivity contribution in [3.8, 4) is 0 Å². The molecule has 0 aromatic heterocycles. The number of hydrogen-bond acceptors (Lipinski definition) is 4.